The van der Waals surface area contributed by atoms with Gasteiger partial charge in [-0.15, -0.1) is 0 Å². The maximum atomic E-state index is 13.8. The van der Waals surface area contributed by atoms with Crippen LogP contribution in [0, 0.1) is 30.6 Å². The number of carbonyl (C=O) groups excluding carboxylic acids is 5. The standard InChI is InChI=1S/C32H25Br2ClN2O6/c1-16-2-4-19(5-3-16)32(42)43-21-12-8-17(9-13-21)24(38)15-36(29(39)18-6-10-20(35)11-7-18)37-30(40)25-22-14-23(26(25)31(37)41)28(34)27(22)33/h2-13,22-23,25-28H,14-15H2,1H3/t22-,23-,25-,26-,27-,28+/m1/s1. The topological polar surface area (TPSA) is 101 Å². The molecule has 0 N–H and O–H groups in total. The van der Waals surface area contributed by atoms with Gasteiger partial charge in [0, 0.05) is 25.8 Å². The Balaban J connectivity index is 1.24. The fraction of sp³-hybridized carbons (Fsp3) is 0.281. The molecule has 220 valence electrons. The summed E-state index contributed by atoms with van der Waals surface area (Å²) in [6.07, 6.45) is 0.734. The van der Waals surface area contributed by atoms with E-state index >= 15 is 0 Å². The summed E-state index contributed by atoms with van der Waals surface area (Å²) in [5.74, 6) is -3.66. The van der Waals surface area contributed by atoms with E-state index < -0.39 is 47.9 Å². The summed E-state index contributed by atoms with van der Waals surface area (Å²) < 4.78 is 5.43. The molecule has 2 saturated carbocycles. The summed E-state index contributed by atoms with van der Waals surface area (Å²) in [4.78, 5) is 67.3. The Hall–Kier alpha value is -3.34. The van der Waals surface area contributed by atoms with Gasteiger partial charge in [-0.1, -0.05) is 61.2 Å². The molecule has 3 aromatic carbocycles. The molecule has 2 aliphatic carbocycles. The normalized spacial score (nSPS) is 25.5. The summed E-state index contributed by atoms with van der Waals surface area (Å²) in [6, 6.07) is 18.9. The number of ether oxygens (including phenoxy) is 1. The molecular formula is C32H25Br2ClN2O6. The number of fused-ring (bicyclic) bond motifs is 5. The third-order valence-corrected chi connectivity index (χ3v) is 12.0. The summed E-state index contributed by atoms with van der Waals surface area (Å²) in [5.41, 5.74) is 1.78. The fourth-order valence-electron chi connectivity index (χ4n) is 6.34. The summed E-state index contributed by atoms with van der Waals surface area (Å²) in [6.45, 7) is 1.36. The maximum absolute atomic E-state index is 13.8. The highest BCUT2D eigenvalue weighted by atomic mass is 79.9. The van der Waals surface area contributed by atoms with Crippen molar-refractivity contribution in [1.82, 2.24) is 10.0 Å². The number of alkyl halides is 2. The molecule has 3 aliphatic rings. The van der Waals surface area contributed by atoms with Gasteiger partial charge < -0.3 is 4.74 Å². The molecule has 3 amide bonds. The van der Waals surface area contributed by atoms with Crippen molar-refractivity contribution < 1.29 is 28.7 Å². The average molecular weight is 729 g/mol. The van der Waals surface area contributed by atoms with E-state index in [1.165, 1.54) is 48.5 Å². The van der Waals surface area contributed by atoms with Crippen LogP contribution in [0.5, 0.6) is 5.75 Å². The first kappa shape index (κ1) is 29.7. The maximum Gasteiger partial charge on any atom is 0.343 e. The number of Topliss-reactive ketones (excluding diaryl/α,β-unsaturated/α-hetero) is 1. The van der Waals surface area contributed by atoms with Gasteiger partial charge in [-0.25, -0.2) is 9.80 Å². The number of ketones is 1. The van der Waals surface area contributed by atoms with Gasteiger partial charge in [-0.05, 0) is 85.8 Å². The van der Waals surface area contributed by atoms with E-state index in [4.69, 9.17) is 16.3 Å². The van der Waals surface area contributed by atoms with Crippen molar-refractivity contribution in [3.63, 3.8) is 0 Å². The molecule has 6 atom stereocenters. The van der Waals surface area contributed by atoms with Crippen LogP contribution < -0.4 is 4.74 Å². The van der Waals surface area contributed by atoms with Crippen molar-refractivity contribution in [2.24, 2.45) is 23.7 Å². The van der Waals surface area contributed by atoms with Crippen LogP contribution in [0.15, 0.2) is 72.8 Å². The van der Waals surface area contributed by atoms with E-state index in [2.05, 4.69) is 31.9 Å². The number of benzene rings is 3. The number of rotatable bonds is 7. The van der Waals surface area contributed by atoms with Gasteiger partial charge >= 0.3 is 5.97 Å². The van der Waals surface area contributed by atoms with Crippen LogP contribution in [0.2, 0.25) is 5.02 Å². The molecular weight excluding hydrogens is 704 g/mol. The number of nitrogens with zero attached hydrogens (tertiary/aromatic N) is 2. The number of imide groups is 1. The first-order valence-corrected chi connectivity index (χ1v) is 15.9. The largest absolute Gasteiger partial charge is 0.423 e. The van der Waals surface area contributed by atoms with E-state index in [0.29, 0.717) is 10.6 Å². The van der Waals surface area contributed by atoms with Crippen LogP contribution in [0.4, 0.5) is 0 Å². The zero-order valence-corrected chi connectivity index (χ0v) is 26.7. The zero-order chi connectivity index (χ0) is 30.6. The second kappa shape index (κ2) is 11.6. The van der Waals surface area contributed by atoms with Gasteiger partial charge in [0.25, 0.3) is 17.7 Å². The fourth-order valence-corrected chi connectivity index (χ4v) is 8.34. The number of esters is 1. The van der Waals surface area contributed by atoms with Crippen molar-refractivity contribution in [3.05, 3.63) is 100 Å². The number of halogens is 3. The van der Waals surface area contributed by atoms with Crippen LogP contribution in [0.25, 0.3) is 0 Å². The van der Waals surface area contributed by atoms with Crippen LogP contribution in [-0.2, 0) is 9.59 Å². The van der Waals surface area contributed by atoms with E-state index in [1.807, 2.05) is 6.92 Å². The average Bonchev–Trinajstić information content (AvgIpc) is 3.61. The molecule has 43 heavy (non-hydrogen) atoms. The first-order valence-electron chi connectivity index (χ1n) is 13.7. The second-order valence-electron chi connectivity index (χ2n) is 11.1. The predicted molar refractivity (Wildman–Crippen MR) is 165 cm³/mol. The highest BCUT2D eigenvalue weighted by Crippen LogP contribution is 2.60. The minimum absolute atomic E-state index is 0.0242. The highest BCUT2D eigenvalue weighted by molar-refractivity contribution is 9.12. The van der Waals surface area contributed by atoms with E-state index in [-0.39, 0.29) is 38.4 Å². The lowest BCUT2D eigenvalue weighted by Gasteiger charge is -2.31. The molecule has 1 saturated heterocycles. The molecule has 0 radical (unpaired) electrons. The van der Waals surface area contributed by atoms with Crippen LogP contribution in [0.1, 0.15) is 43.1 Å². The summed E-state index contributed by atoms with van der Waals surface area (Å²) >= 11 is 13.4. The van der Waals surface area contributed by atoms with Gasteiger partial charge in [0.1, 0.15) is 12.3 Å². The Morgan fingerprint density at radius 2 is 1.33 bits per heavy atom. The van der Waals surface area contributed by atoms with Crippen molar-refractivity contribution in [2.75, 3.05) is 6.54 Å². The van der Waals surface area contributed by atoms with Crippen molar-refractivity contribution in [3.8, 4) is 5.75 Å². The lowest BCUT2D eigenvalue weighted by molar-refractivity contribution is -0.154. The van der Waals surface area contributed by atoms with Gasteiger partial charge in [-0.2, -0.15) is 5.01 Å². The van der Waals surface area contributed by atoms with Crippen molar-refractivity contribution in [2.45, 2.75) is 23.0 Å². The molecule has 1 heterocycles. The Labute approximate surface area is 269 Å². The molecule has 6 rings (SSSR count). The Bertz CT molecular complexity index is 1600. The third-order valence-electron chi connectivity index (χ3n) is 8.50. The number of amides is 3. The van der Waals surface area contributed by atoms with Crippen LogP contribution in [0.3, 0.4) is 0 Å². The number of aryl methyl sites for hydroxylation is 1. The molecule has 11 heteroatoms. The van der Waals surface area contributed by atoms with Gasteiger partial charge in [-0.3, -0.25) is 19.2 Å². The first-order chi connectivity index (χ1) is 20.5. The van der Waals surface area contributed by atoms with E-state index in [9.17, 15) is 24.0 Å². The summed E-state index contributed by atoms with van der Waals surface area (Å²) in [5, 5.41) is 2.24. The highest BCUT2D eigenvalue weighted by Gasteiger charge is 2.67. The number of carbonyl (C=O) groups is 5. The monoisotopic (exact) mass is 726 g/mol. The quantitative estimate of drug-likeness (QED) is 0.0991. The number of hydrazine groups is 1. The molecule has 8 nitrogen and oxygen atoms in total. The lowest BCUT2D eigenvalue weighted by Crippen LogP contribution is -2.52. The summed E-state index contributed by atoms with van der Waals surface area (Å²) in [7, 11) is 0. The van der Waals surface area contributed by atoms with Crippen molar-refractivity contribution >= 4 is 72.9 Å². The molecule has 3 aromatic rings. The van der Waals surface area contributed by atoms with Crippen molar-refractivity contribution in [1.29, 1.82) is 0 Å². The second-order valence-corrected chi connectivity index (χ2v) is 13.6. The van der Waals surface area contributed by atoms with Gasteiger partial charge in [0.05, 0.1) is 17.4 Å². The smallest absolute Gasteiger partial charge is 0.343 e. The Morgan fingerprint density at radius 3 is 1.88 bits per heavy atom. The minimum atomic E-state index is -0.673. The molecule has 0 aromatic heterocycles. The number of hydrogen-bond acceptors (Lipinski definition) is 6. The molecule has 2 bridgehead atoms. The van der Waals surface area contributed by atoms with E-state index in [1.54, 1.807) is 24.3 Å². The van der Waals surface area contributed by atoms with Crippen LogP contribution in [-0.4, -0.2) is 55.7 Å². The van der Waals surface area contributed by atoms with Gasteiger partial charge in [0.15, 0.2) is 5.78 Å². The Kier molecular flexibility index (Phi) is 8.04. The molecule has 0 spiro atoms. The zero-order valence-electron chi connectivity index (χ0n) is 22.8. The van der Waals surface area contributed by atoms with Crippen LogP contribution >= 0.6 is 43.5 Å². The molecule has 0 unspecified atom stereocenters. The van der Waals surface area contributed by atoms with Gasteiger partial charge in [0.2, 0.25) is 0 Å². The Morgan fingerprint density at radius 1 is 0.814 bits per heavy atom. The SMILES string of the molecule is Cc1ccc(C(=O)Oc2ccc(C(=O)CN(C(=O)c3ccc(Cl)cc3)N3C(=O)[C@@H]4[C@H]5C[C@@H]([C@@H](Br)[C@H]5Br)[C@H]4C3=O)cc2)cc1. The predicted octanol–water partition coefficient (Wildman–Crippen LogP) is 5.89. The third kappa shape index (κ3) is 5.34. The number of hydrogen-bond donors (Lipinski definition) is 0. The lowest BCUT2D eigenvalue weighted by atomic mass is 9.81. The molecule has 3 fully saturated rings. The minimum Gasteiger partial charge on any atom is -0.423 e. The van der Waals surface area contributed by atoms with E-state index in [0.717, 1.165) is 22.0 Å². The molecule has 1 aliphatic heterocycles.